The zero-order valence-corrected chi connectivity index (χ0v) is 11.7. The second-order valence-corrected chi connectivity index (χ2v) is 7.02. The van der Waals surface area contributed by atoms with Gasteiger partial charge in [0.2, 0.25) is 0 Å². The Morgan fingerprint density at radius 3 is 2.18 bits per heavy atom. The van der Waals surface area contributed by atoms with Crippen molar-refractivity contribution in [1.29, 1.82) is 0 Å². The molecule has 0 fully saturated rings. The van der Waals surface area contributed by atoms with Gasteiger partial charge in [0, 0.05) is 12.2 Å². The summed E-state index contributed by atoms with van der Waals surface area (Å²) >= 11 is 0. The molecule has 1 atom stereocenters. The van der Waals surface area contributed by atoms with Crippen LogP contribution in [-0.2, 0) is 9.84 Å². The molecule has 1 aromatic carbocycles. The van der Waals surface area contributed by atoms with Gasteiger partial charge in [-0.15, -0.1) is 0 Å². The molecule has 1 rings (SSSR count). The van der Waals surface area contributed by atoms with Crippen molar-refractivity contribution in [1.82, 2.24) is 0 Å². The van der Waals surface area contributed by atoms with Crippen LogP contribution in [0.25, 0.3) is 0 Å². The van der Waals surface area contributed by atoms with Crippen molar-refractivity contribution in [2.45, 2.75) is 20.8 Å². The Morgan fingerprint density at radius 1 is 1.18 bits per heavy atom. The third-order valence-electron chi connectivity index (χ3n) is 2.32. The van der Waals surface area contributed by atoms with Gasteiger partial charge in [-0.25, -0.2) is 8.42 Å². The molecule has 1 aromatic rings. The van der Waals surface area contributed by atoms with E-state index < -0.39 is 9.84 Å². The fourth-order valence-corrected chi connectivity index (χ4v) is 2.95. The monoisotopic (exact) mass is 256 g/mol. The highest BCUT2D eigenvalue weighted by molar-refractivity contribution is 7.90. The molecule has 17 heavy (non-hydrogen) atoms. The van der Waals surface area contributed by atoms with E-state index >= 15 is 0 Å². The van der Waals surface area contributed by atoms with Crippen LogP contribution in [0.2, 0.25) is 0 Å². The maximum Gasteiger partial charge on any atom is 0.147 e. The molecule has 3 nitrogen and oxygen atoms in total. The van der Waals surface area contributed by atoms with Gasteiger partial charge in [-0.3, -0.25) is 0 Å². The number of aryl methyl sites for hydroxylation is 2. The number of hydrogen-bond donors (Lipinski definition) is 0. The van der Waals surface area contributed by atoms with Crippen molar-refractivity contribution in [2.75, 3.05) is 18.6 Å². The van der Waals surface area contributed by atoms with Gasteiger partial charge in [0.1, 0.15) is 15.6 Å². The lowest BCUT2D eigenvalue weighted by Crippen LogP contribution is -2.18. The molecular weight excluding hydrogens is 236 g/mol. The Kier molecular flexibility index (Phi) is 4.57. The smallest absolute Gasteiger partial charge is 0.147 e. The lowest BCUT2D eigenvalue weighted by Gasteiger charge is -2.13. The maximum absolute atomic E-state index is 11.1. The van der Waals surface area contributed by atoms with E-state index in [9.17, 15) is 8.42 Å². The van der Waals surface area contributed by atoms with E-state index in [1.165, 1.54) is 6.26 Å². The average Bonchev–Trinajstić information content (AvgIpc) is 2.10. The van der Waals surface area contributed by atoms with Crippen molar-refractivity contribution in [3.05, 3.63) is 29.3 Å². The first-order valence-corrected chi connectivity index (χ1v) is 7.71. The van der Waals surface area contributed by atoms with Gasteiger partial charge in [0.25, 0.3) is 0 Å². The molecule has 4 heteroatoms. The minimum atomic E-state index is -2.92. The number of hydrogen-bond acceptors (Lipinski definition) is 3. The van der Waals surface area contributed by atoms with Crippen LogP contribution >= 0.6 is 0 Å². The highest BCUT2D eigenvalue weighted by atomic mass is 32.2. The van der Waals surface area contributed by atoms with Crippen molar-refractivity contribution >= 4 is 9.84 Å². The Hall–Kier alpha value is -1.03. The molecule has 0 spiro atoms. The Labute approximate surface area is 104 Å². The van der Waals surface area contributed by atoms with Gasteiger partial charge in [0.05, 0.1) is 12.4 Å². The van der Waals surface area contributed by atoms with Gasteiger partial charge in [-0.05, 0) is 37.1 Å². The highest BCUT2D eigenvalue weighted by Gasteiger charge is 2.11. The van der Waals surface area contributed by atoms with Crippen molar-refractivity contribution in [3.63, 3.8) is 0 Å². The molecule has 0 heterocycles. The average molecular weight is 256 g/mol. The number of ether oxygens (including phenoxy) is 1. The van der Waals surface area contributed by atoms with Crippen LogP contribution in [0.4, 0.5) is 0 Å². The molecule has 0 N–H and O–H groups in total. The molecule has 0 radical (unpaired) electrons. The summed E-state index contributed by atoms with van der Waals surface area (Å²) in [6.07, 6.45) is 1.25. The first kappa shape index (κ1) is 14.0. The highest BCUT2D eigenvalue weighted by Crippen LogP contribution is 2.17. The predicted octanol–water partition coefficient (Wildman–Crippen LogP) is 2.36. The van der Waals surface area contributed by atoms with Crippen LogP contribution in [-0.4, -0.2) is 27.0 Å². The van der Waals surface area contributed by atoms with Crippen LogP contribution in [0.1, 0.15) is 18.1 Å². The standard InChI is InChI=1S/C13H20O3S/c1-10-5-11(2)7-13(6-10)16-8-12(3)9-17(4,14)15/h5-7,12H,8-9H2,1-4H3/t12-/m1/s1. The van der Waals surface area contributed by atoms with E-state index in [4.69, 9.17) is 4.74 Å². The van der Waals surface area contributed by atoms with Crippen LogP contribution in [0, 0.1) is 19.8 Å². The zero-order valence-electron chi connectivity index (χ0n) is 10.9. The lowest BCUT2D eigenvalue weighted by molar-refractivity contribution is 0.271. The molecule has 0 aliphatic heterocycles. The van der Waals surface area contributed by atoms with Crippen LogP contribution in [0.5, 0.6) is 5.75 Å². The second-order valence-electron chi connectivity index (χ2n) is 4.83. The Bertz CT molecular complexity index is 457. The predicted molar refractivity (Wildman–Crippen MR) is 70.3 cm³/mol. The van der Waals surface area contributed by atoms with E-state index in [1.807, 2.05) is 32.9 Å². The molecule has 0 aliphatic rings. The summed E-state index contributed by atoms with van der Waals surface area (Å²) in [4.78, 5) is 0. The second kappa shape index (κ2) is 5.54. The molecular formula is C13H20O3S. The fourth-order valence-electron chi connectivity index (χ4n) is 1.82. The molecule has 0 unspecified atom stereocenters. The first-order chi connectivity index (χ1) is 7.76. The third kappa shape index (κ3) is 5.73. The van der Waals surface area contributed by atoms with Crippen LogP contribution in [0.15, 0.2) is 18.2 Å². The lowest BCUT2D eigenvalue weighted by atomic mass is 10.1. The first-order valence-electron chi connectivity index (χ1n) is 5.65. The Morgan fingerprint density at radius 2 is 1.71 bits per heavy atom. The zero-order chi connectivity index (χ0) is 13.1. The van der Waals surface area contributed by atoms with E-state index in [0.717, 1.165) is 16.9 Å². The third-order valence-corrected chi connectivity index (χ3v) is 3.49. The largest absolute Gasteiger partial charge is 0.493 e. The normalized spacial score (nSPS) is 13.4. The summed E-state index contributed by atoms with van der Waals surface area (Å²) in [6.45, 7) is 6.33. The van der Waals surface area contributed by atoms with Crippen LogP contribution < -0.4 is 4.74 Å². The SMILES string of the molecule is Cc1cc(C)cc(OC[C@@H](C)CS(C)(=O)=O)c1. The Balaban J connectivity index is 2.55. The van der Waals surface area contributed by atoms with Crippen molar-refractivity contribution in [3.8, 4) is 5.75 Å². The minimum absolute atomic E-state index is 0.00539. The van der Waals surface area contributed by atoms with E-state index in [2.05, 4.69) is 6.07 Å². The summed E-state index contributed by atoms with van der Waals surface area (Å²) in [5, 5.41) is 0. The van der Waals surface area contributed by atoms with Gasteiger partial charge in [-0.1, -0.05) is 13.0 Å². The number of rotatable bonds is 5. The van der Waals surface area contributed by atoms with Crippen molar-refractivity contribution in [2.24, 2.45) is 5.92 Å². The number of benzene rings is 1. The molecule has 96 valence electrons. The summed E-state index contributed by atoms with van der Waals surface area (Å²) in [7, 11) is -2.92. The van der Waals surface area contributed by atoms with Crippen molar-refractivity contribution < 1.29 is 13.2 Å². The van der Waals surface area contributed by atoms with Gasteiger partial charge in [0.15, 0.2) is 0 Å². The van der Waals surface area contributed by atoms with Crippen LogP contribution in [0.3, 0.4) is 0 Å². The number of sulfone groups is 1. The fraction of sp³-hybridized carbons (Fsp3) is 0.538. The quantitative estimate of drug-likeness (QED) is 0.812. The molecule has 0 saturated carbocycles. The van der Waals surface area contributed by atoms with Gasteiger partial charge >= 0.3 is 0 Å². The summed E-state index contributed by atoms with van der Waals surface area (Å²) in [5.41, 5.74) is 2.30. The molecule has 0 aromatic heterocycles. The molecule has 0 amide bonds. The van der Waals surface area contributed by atoms with Gasteiger partial charge in [-0.2, -0.15) is 0 Å². The summed E-state index contributed by atoms with van der Waals surface area (Å²) < 4.78 is 27.8. The topological polar surface area (TPSA) is 43.4 Å². The van der Waals surface area contributed by atoms with E-state index in [0.29, 0.717) is 6.61 Å². The van der Waals surface area contributed by atoms with Gasteiger partial charge < -0.3 is 4.74 Å². The molecule has 0 saturated heterocycles. The maximum atomic E-state index is 11.1. The molecule has 0 bridgehead atoms. The van der Waals surface area contributed by atoms with E-state index in [1.54, 1.807) is 0 Å². The summed E-state index contributed by atoms with van der Waals surface area (Å²) in [6, 6.07) is 5.99. The minimum Gasteiger partial charge on any atom is -0.493 e. The summed E-state index contributed by atoms with van der Waals surface area (Å²) in [5.74, 6) is 0.978. The molecule has 0 aliphatic carbocycles. The van der Waals surface area contributed by atoms with E-state index in [-0.39, 0.29) is 11.7 Å².